The Morgan fingerprint density at radius 1 is 1.17 bits per heavy atom. The summed E-state index contributed by atoms with van der Waals surface area (Å²) in [6.45, 7) is 6.73. The van der Waals surface area contributed by atoms with Crippen molar-refractivity contribution in [1.82, 2.24) is 0 Å². The van der Waals surface area contributed by atoms with E-state index in [2.05, 4.69) is 19.6 Å². The normalized spacial score (nSPS) is 31.6. The fourth-order valence-corrected chi connectivity index (χ4v) is 6.00. The van der Waals surface area contributed by atoms with E-state index in [9.17, 15) is 9.59 Å². The van der Waals surface area contributed by atoms with Crippen LogP contribution in [0.1, 0.15) is 25.7 Å². The minimum atomic E-state index is -1.59. The smallest absolute Gasteiger partial charge is 0.156 e. The van der Waals surface area contributed by atoms with Gasteiger partial charge in [0.15, 0.2) is 11.6 Å². The van der Waals surface area contributed by atoms with E-state index < -0.39 is 8.07 Å². The molecule has 0 heterocycles. The van der Waals surface area contributed by atoms with Crippen molar-refractivity contribution in [3.05, 3.63) is 22.4 Å². The first-order chi connectivity index (χ1) is 8.38. The lowest BCUT2D eigenvalue weighted by atomic mass is 9.88. The van der Waals surface area contributed by atoms with Crippen molar-refractivity contribution < 1.29 is 9.59 Å². The molecular weight excluding hydrogens is 240 g/mol. The maximum Gasteiger partial charge on any atom is 0.156 e. The topological polar surface area (TPSA) is 34.1 Å². The summed E-state index contributed by atoms with van der Waals surface area (Å²) >= 11 is 0. The lowest BCUT2D eigenvalue weighted by molar-refractivity contribution is -0.116. The fraction of sp³-hybridized carbons (Fsp3) is 0.600. The number of hydrogen-bond donors (Lipinski definition) is 0. The molecule has 0 amide bonds. The van der Waals surface area contributed by atoms with Crippen molar-refractivity contribution in [1.29, 1.82) is 0 Å². The maximum absolute atomic E-state index is 12.3. The average molecular weight is 260 g/mol. The van der Waals surface area contributed by atoms with E-state index >= 15 is 0 Å². The van der Waals surface area contributed by atoms with Crippen LogP contribution in [0.3, 0.4) is 0 Å². The summed E-state index contributed by atoms with van der Waals surface area (Å²) in [6.07, 6.45) is 5.36. The van der Waals surface area contributed by atoms with Gasteiger partial charge in [0.05, 0.1) is 8.07 Å². The van der Waals surface area contributed by atoms with Gasteiger partial charge in [0.1, 0.15) is 0 Å². The molecule has 0 aromatic rings. The van der Waals surface area contributed by atoms with E-state index in [1.807, 2.05) is 6.08 Å². The van der Waals surface area contributed by atoms with Crippen LogP contribution < -0.4 is 0 Å². The summed E-state index contributed by atoms with van der Waals surface area (Å²) in [5, 5.41) is 1.14. The Morgan fingerprint density at radius 2 is 1.89 bits per heavy atom. The largest absolute Gasteiger partial charge is 0.295 e. The van der Waals surface area contributed by atoms with Crippen LogP contribution in [-0.4, -0.2) is 19.6 Å². The molecule has 2 nitrogen and oxygen atoms in total. The molecule has 1 fully saturated rings. The van der Waals surface area contributed by atoms with E-state index in [0.717, 1.165) is 18.0 Å². The van der Waals surface area contributed by atoms with Crippen molar-refractivity contribution in [2.75, 3.05) is 0 Å². The standard InChI is InChI=1S/C15H20O2Si/c1-18(2,3)15-13(17)7-10-6-9-4-5-11(16)8-12(9)14(10)15/h8-10H,4-7H2,1-3H3/t9-,10-/m1/s1. The number of Topliss-reactive ketones (excluding diaryl/α,β-unsaturated/α-hetero) is 1. The van der Waals surface area contributed by atoms with Crippen LogP contribution in [0.15, 0.2) is 22.4 Å². The molecule has 0 N–H and O–H groups in total. The highest BCUT2D eigenvalue weighted by molar-refractivity contribution is 6.87. The Labute approximate surface area is 109 Å². The van der Waals surface area contributed by atoms with Crippen LogP contribution in [-0.2, 0) is 9.59 Å². The summed E-state index contributed by atoms with van der Waals surface area (Å²) in [6, 6.07) is 0. The zero-order valence-corrected chi connectivity index (χ0v) is 12.4. The van der Waals surface area contributed by atoms with Crippen molar-refractivity contribution in [3.63, 3.8) is 0 Å². The molecule has 3 rings (SSSR count). The first kappa shape index (κ1) is 12.1. The van der Waals surface area contributed by atoms with Crippen LogP contribution in [0, 0.1) is 11.8 Å². The number of carbonyl (C=O) groups is 2. The molecule has 0 aromatic heterocycles. The second-order valence-electron chi connectivity index (χ2n) is 6.90. The third-order valence-electron chi connectivity index (χ3n) is 4.51. The molecule has 3 heteroatoms. The number of rotatable bonds is 1. The number of fused-ring (bicyclic) bond motifs is 3. The molecule has 2 atom stereocenters. The Morgan fingerprint density at radius 3 is 2.56 bits per heavy atom. The molecular formula is C15H20O2Si. The van der Waals surface area contributed by atoms with Gasteiger partial charge in [-0.2, -0.15) is 0 Å². The minimum Gasteiger partial charge on any atom is -0.295 e. The van der Waals surface area contributed by atoms with Crippen LogP contribution >= 0.6 is 0 Å². The van der Waals surface area contributed by atoms with E-state index in [1.165, 1.54) is 11.1 Å². The van der Waals surface area contributed by atoms with E-state index in [0.29, 0.717) is 30.5 Å². The molecule has 0 aromatic carbocycles. The van der Waals surface area contributed by atoms with E-state index in [-0.39, 0.29) is 5.78 Å². The molecule has 0 spiro atoms. The second kappa shape index (κ2) is 3.76. The summed E-state index contributed by atoms with van der Waals surface area (Å²) < 4.78 is 0. The molecule has 0 saturated heterocycles. The molecule has 0 unspecified atom stereocenters. The lowest BCUT2D eigenvalue weighted by Crippen LogP contribution is -2.29. The maximum atomic E-state index is 12.3. The lowest BCUT2D eigenvalue weighted by Gasteiger charge is -2.22. The van der Waals surface area contributed by atoms with Crippen LogP contribution in [0.5, 0.6) is 0 Å². The fourth-order valence-electron chi connectivity index (χ4n) is 3.91. The Bertz CT molecular complexity index is 505. The molecule has 0 aliphatic heterocycles. The SMILES string of the molecule is C[Si](C)(C)C1=C2C3=CC(=O)CC[C@@H]3C[C@@H]2CC1=O. The van der Waals surface area contributed by atoms with Gasteiger partial charge in [0.25, 0.3) is 0 Å². The Balaban J connectivity index is 2.16. The summed E-state index contributed by atoms with van der Waals surface area (Å²) in [4.78, 5) is 23.9. The second-order valence-corrected chi connectivity index (χ2v) is 11.9. The van der Waals surface area contributed by atoms with Gasteiger partial charge < -0.3 is 0 Å². The van der Waals surface area contributed by atoms with Crippen molar-refractivity contribution in [2.24, 2.45) is 11.8 Å². The molecule has 18 heavy (non-hydrogen) atoms. The highest BCUT2D eigenvalue weighted by Gasteiger charge is 2.46. The van der Waals surface area contributed by atoms with Gasteiger partial charge in [0, 0.05) is 12.8 Å². The highest BCUT2D eigenvalue weighted by atomic mass is 28.3. The molecule has 0 bridgehead atoms. The zero-order valence-electron chi connectivity index (χ0n) is 11.4. The Hall–Kier alpha value is -0.963. The highest BCUT2D eigenvalue weighted by Crippen LogP contribution is 2.52. The summed E-state index contributed by atoms with van der Waals surface area (Å²) in [5.74, 6) is 1.61. The van der Waals surface area contributed by atoms with Crippen LogP contribution in [0.2, 0.25) is 19.6 Å². The van der Waals surface area contributed by atoms with Gasteiger partial charge >= 0.3 is 0 Å². The van der Waals surface area contributed by atoms with Gasteiger partial charge in [-0.05, 0) is 47.1 Å². The predicted octanol–water partition coefficient (Wildman–Crippen LogP) is 3.06. The van der Waals surface area contributed by atoms with Crippen molar-refractivity contribution in [3.8, 4) is 0 Å². The van der Waals surface area contributed by atoms with Gasteiger partial charge in [0.2, 0.25) is 0 Å². The number of hydrogen-bond acceptors (Lipinski definition) is 2. The predicted molar refractivity (Wildman–Crippen MR) is 73.9 cm³/mol. The number of ketones is 2. The first-order valence-corrected chi connectivity index (χ1v) is 10.4. The molecule has 0 radical (unpaired) electrons. The van der Waals surface area contributed by atoms with E-state index in [4.69, 9.17) is 0 Å². The van der Waals surface area contributed by atoms with Gasteiger partial charge in [-0.1, -0.05) is 19.6 Å². The minimum absolute atomic E-state index is 0.253. The quantitative estimate of drug-likeness (QED) is 0.679. The summed E-state index contributed by atoms with van der Waals surface area (Å²) in [7, 11) is -1.59. The number of allylic oxidation sites excluding steroid dienone is 4. The van der Waals surface area contributed by atoms with E-state index in [1.54, 1.807) is 0 Å². The zero-order chi connectivity index (χ0) is 13.1. The van der Waals surface area contributed by atoms with Crippen LogP contribution in [0.25, 0.3) is 0 Å². The van der Waals surface area contributed by atoms with Gasteiger partial charge in [-0.25, -0.2) is 0 Å². The first-order valence-electron chi connectivity index (χ1n) is 6.90. The third-order valence-corrected chi connectivity index (χ3v) is 6.56. The number of carbonyl (C=O) groups excluding carboxylic acids is 2. The molecule has 3 aliphatic carbocycles. The summed E-state index contributed by atoms with van der Waals surface area (Å²) in [5.41, 5.74) is 2.54. The van der Waals surface area contributed by atoms with Crippen LogP contribution in [0.4, 0.5) is 0 Å². The monoisotopic (exact) mass is 260 g/mol. The third kappa shape index (κ3) is 1.68. The molecule has 3 aliphatic rings. The average Bonchev–Trinajstić information content (AvgIpc) is 2.71. The Kier molecular flexibility index (Phi) is 2.53. The molecule has 1 saturated carbocycles. The van der Waals surface area contributed by atoms with Crippen molar-refractivity contribution in [2.45, 2.75) is 45.3 Å². The van der Waals surface area contributed by atoms with Crippen molar-refractivity contribution >= 4 is 19.6 Å². The van der Waals surface area contributed by atoms with Gasteiger partial charge in [-0.15, -0.1) is 0 Å². The van der Waals surface area contributed by atoms with Gasteiger partial charge in [-0.3, -0.25) is 9.59 Å². The molecule has 96 valence electrons.